The summed E-state index contributed by atoms with van der Waals surface area (Å²) in [6, 6.07) is 9.57. The summed E-state index contributed by atoms with van der Waals surface area (Å²) in [5.41, 5.74) is 2.26. The summed E-state index contributed by atoms with van der Waals surface area (Å²) in [6.07, 6.45) is 0. The Bertz CT molecular complexity index is 737. The molecule has 0 atom stereocenters. The molecular weight excluding hydrogens is 274 g/mol. The fourth-order valence-corrected chi connectivity index (χ4v) is 2.22. The number of hydrogen-bond acceptors (Lipinski definition) is 1. The van der Waals surface area contributed by atoms with Crippen LogP contribution in [0.4, 0.5) is 4.39 Å². The molecule has 0 saturated heterocycles. The third kappa shape index (κ3) is 1.96. The molecule has 5 heteroatoms. The van der Waals surface area contributed by atoms with Crippen molar-refractivity contribution in [2.45, 2.75) is 0 Å². The third-order valence-corrected chi connectivity index (χ3v) is 3.18. The van der Waals surface area contributed by atoms with Gasteiger partial charge in [0.15, 0.2) is 0 Å². The molecule has 0 bridgehead atoms. The molecule has 0 aliphatic rings. The Morgan fingerprint density at radius 2 is 1.89 bits per heavy atom. The summed E-state index contributed by atoms with van der Waals surface area (Å²) in [5, 5.41) is 0.947. The zero-order valence-corrected chi connectivity index (χ0v) is 10.6. The van der Waals surface area contributed by atoms with Crippen molar-refractivity contribution in [2.24, 2.45) is 0 Å². The monoisotopic (exact) mass is 280 g/mol. The van der Waals surface area contributed by atoms with Gasteiger partial charge in [0.25, 0.3) is 0 Å². The van der Waals surface area contributed by atoms with Crippen LogP contribution in [0.5, 0.6) is 0 Å². The second-order valence-electron chi connectivity index (χ2n) is 3.87. The fraction of sp³-hybridized carbons (Fsp3) is 0. The molecule has 0 unspecified atom stereocenters. The molecule has 1 aromatic heterocycles. The van der Waals surface area contributed by atoms with E-state index in [-0.39, 0.29) is 5.82 Å². The van der Waals surface area contributed by atoms with Gasteiger partial charge in [-0.2, -0.15) is 0 Å². The first-order valence-corrected chi connectivity index (χ1v) is 6.00. The number of benzene rings is 2. The first-order chi connectivity index (χ1) is 8.63. The second kappa shape index (κ2) is 4.26. The zero-order chi connectivity index (χ0) is 12.7. The lowest BCUT2D eigenvalue weighted by Crippen LogP contribution is -1.83. The summed E-state index contributed by atoms with van der Waals surface area (Å²) >= 11 is 11.9. The van der Waals surface area contributed by atoms with Crippen LogP contribution in [0, 0.1) is 5.82 Å². The van der Waals surface area contributed by atoms with Crippen LogP contribution in [-0.2, 0) is 0 Å². The van der Waals surface area contributed by atoms with E-state index in [1.807, 2.05) is 6.07 Å². The number of rotatable bonds is 1. The van der Waals surface area contributed by atoms with Crippen molar-refractivity contribution < 1.29 is 4.39 Å². The van der Waals surface area contributed by atoms with Gasteiger partial charge in [0.1, 0.15) is 11.6 Å². The van der Waals surface area contributed by atoms with E-state index < -0.39 is 0 Å². The van der Waals surface area contributed by atoms with E-state index in [4.69, 9.17) is 23.2 Å². The average Bonchev–Trinajstić information content (AvgIpc) is 2.71. The molecule has 18 heavy (non-hydrogen) atoms. The highest BCUT2D eigenvalue weighted by molar-refractivity contribution is 6.33. The topological polar surface area (TPSA) is 28.7 Å². The van der Waals surface area contributed by atoms with Crippen molar-refractivity contribution in [3.8, 4) is 11.4 Å². The molecule has 3 aromatic rings. The average molecular weight is 281 g/mol. The Labute approximate surface area is 112 Å². The van der Waals surface area contributed by atoms with E-state index in [1.165, 1.54) is 12.1 Å². The number of nitrogens with one attached hydrogen (secondary N) is 1. The predicted molar refractivity (Wildman–Crippen MR) is 71.5 cm³/mol. The largest absolute Gasteiger partial charge is 0.338 e. The Morgan fingerprint density at radius 1 is 1.06 bits per heavy atom. The molecule has 0 aliphatic heterocycles. The van der Waals surface area contributed by atoms with Crippen LogP contribution in [0.1, 0.15) is 0 Å². The molecule has 0 spiro atoms. The smallest absolute Gasteiger partial charge is 0.140 e. The van der Waals surface area contributed by atoms with Gasteiger partial charge in [-0.05, 0) is 36.4 Å². The van der Waals surface area contributed by atoms with Crippen molar-refractivity contribution in [3.05, 3.63) is 52.3 Å². The van der Waals surface area contributed by atoms with E-state index in [2.05, 4.69) is 9.97 Å². The van der Waals surface area contributed by atoms with Gasteiger partial charge in [-0.15, -0.1) is 0 Å². The molecule has 2 aromatic carbocycles. The zero-order valence-electron chi connectivity index (χ0n) is 9.05. The van der Waals surface area contributed by atoms with Gasteiger partial charge in [0.05, 0.1) is 16.1 Å². The fourth-order valence-electron chi connectivity index (χ4n) is 1.79. The van der Waals surface area contributed by atoms with Crippen molar-refractivity contribution in [2.75, 3.05) is 0 Å². The van der Waals surface area contributed by atoms with Crippen LogP contribution in [0.3, 0.4) is 0 Å². The molecule has 1 heterocycles. The van der Waals surface area contributed by atoms with Crippen LogP contribution in [0.15, 0.2) is 36.4 Å². The van der Waals surface area contributed by atoms with E-state index >= 15 is 0 Å². The van der Waals surface area contributed by atoms with Gasteiger partial charge in [-0.1, -0.05) is 23.2 Å². The number of fused-ring (bicyclic) bond motifs is 1. The van der Waals surface area contributed by atoms with Gasteiger partial charge in [-0.3, -0.25) is 0 Å². The van der Waals surface area contributed by atoms with Crippen molar-refractivity contribution >= 4 is 34.2 Å². The maximum Gasteiger partial charge on any atom is 0.140 e. The highest BCUT2D eigenvalue weighted by Crippen LogP contribution is 2.28. The Kier molecular flexibility index (Phi) is 2.73. The molecule has 90 valence electrons. The van der Waals surface area contributed by atoms with Gasteiger partial charge in [-0.25, -0.2) is 9.37 Å². The number of aromatic nitrogens is 2. The quantitative estimate of drug-likeness (QED) is 0.689. The van der Waals surface area contributed by atoms with E-state index in [1.54, 1.807) is 18.2 Å². The normalized spacial score (nSPS) is 11.1. The maximum absolute atomic E-state index is 13.0. The lowest BCUT2D eigenvalue weighted by molar-refractivity contribution is 0.628. The van der Waals surface area contributed by atoms with Crippen LogP contribution in [0.25, 0.3) is 22.4 Å². The number of hydrogen-bond donors (Lipinski definition) is 1. The van der Waals surface area contributed by atoms with Crippen LogP contribution >= 0.6 is 23.2 Å². The molecule has 0 radical (unpaired) electrons. The van der Waals surface area contributed by atoms with E-state index in [9.17, 15) is 4.39 Å². The summed E-state index contributed by atoms with van der Waals surface area (Å²) in [7, 11) is 0. The molecule has 0 amide bonds. The first-order valence-electron chi connectivity index (χ1n) is 5.24. The Morgan fingerprint density at radius 3 is 2.67 bits per heavy atom. The standard InChI is InChI=1S/C13H7Cl2FN2/c14-7-1-4-11-12(5-7)18-13(17-11)9-3-2-8(16)6-10(9)15/h1-6H,(H,17,18). The first kappa shape index (κ1) is 11.5. The number of H-pyrrole nitrogens is 1. The SMILES string of the molecule is Fc1ccc(-c2nc3ccc(Cl)cc3[nH]2)c(Cl)c1. The van der Waals surface area contributed by atoms with E-state index in [0.717, 1.165) is 11.0 Å². The molecule has 0 fully saturated rings. The van der Waals surface area contributed by atoms with Gasteiger partial charge in [0.2, 0.25) is 0 Å². The molecule has 0 saturated carbocycles. The number of aromatic amines is 1. The number of imidazole rings is 1. The maximum atomic E-state index is 13.0. The third-order valence-electron chi connectivity index (χ3n) is 2.63. The minimum atomic E-state index is -0.372. The Balaban J connectivity index is 2.19. The molecule has 1 N–H and O–H groups in total. The summed E-state index contributed by atoms with van der Waals surface area (Å²) in [5.74, 6) is 0.222. The molecular formula is C13H7Cl2FN2. The minimum Gasteiger partial charge on any atom is -0.338 e. The Hall–Kier alpha value is -1.58. The highest BCUT2D eigenvalue weighted by atomic mass is 35.5. The van der Waals surface area contributed by atoms with Crippen molar-refractivity contribution in [3.63, 3.8) is 0 Å². The predicted octanol–water partition coefficient (Wildman–Crippen LogP) is 4.68. The minimum absolute atomic E-state index is 0.320. The van der Waals surface area contributed by atoms with E-state index in [0.29, 0.717) is 21.4 Å². The summed E-state index contributed by atoms with van der Waals surface area (Å²) in [4.78, 5) is 7.50. The summed E-state index contributed by atoms with van der Waals surface area (Å²) in [6.45, 7) is 0. The number of nitrogens with zero attached hydrogens (tertiary/aromatic N) is 1. The molecule has 3 rings (SSSR count). The molecule has 0 aliphatic carbocycles. The van der Waals surface area contributed by atoms with Crippen molar-refractivity contribution in [1.29, 1.82) is 0 Å². The molecule has 2 nitrogen and oxygen atoms in total. The van der Waals surface area contributed by atoms with Crippen LogP contribution < -0.4 is 0 Å². The highest BCUT2D eigenvalue weighted by Gasteiger charge is 2.09. The van der Waals surface area contributed by atoms with Gasteiger partial charge in [0, 0.05) is 10.6 Å². The van der Waals surface area contributed by atoms with Gasteiger partial charge < -0.3 is 4.98 Å². The van der Waals surface area contributed by atoms with Crippen molar-refractivity contribution in [1.82, 2.24) is 9.97 Å². The van der Waals surface area contributed by atoms with Crippen LogP contribution in [0.2, 0.25) is 10.0 Å². The number of halogens is 3. The lowest BCUT2D eigenvalue weighted by Gasteiger charge is -1.99. The summed E-state index contributed by atoms with van der Waals surface area (Å²) < 4.78 is 13.0. The lowest BCUT2D eigenvalue weighted by atomic mass is 10.2. The second-order valence-corrected chi connectivity index (χ2v) is 4.71. The van der Waals surface area contributed by atoms with Crippen LogP contribution in [-0.4, -0.2) is 9.97 Å². The van der Waals surface area contributed by atoms with Gasteiger partial charge >= 0.3 is 0 Å².